The van der Waals surface area contributed by atoms with Crippen LogP contribution in [0.25, 0.3) is 10.1 Å². The highest BCUT2D eigenvalue weighted by atomic mass is 79.9. The molecule has 2 aromatic rings. The van der Waals surface area contributed by atoms with Crippen LogP contribution in [0.1, 0.15) is 29.6 Å². The van der Waals surface area contributed by atoms with Crippen LogP contribution in [0.5, 0.6) is 0 Å². The van der Waals surface area contributed by atoms with Crippen molar-refractivity contribution in [3.05, 3.63) is 33.6 Å². The molecule has 2 saturated carbocycles. The van der Waals surface area contributed by atoms with E-state index in [0.29, 0.717) is 23.5 Å². The number of ketones is 1. The number of fused-ring (bicyclic) bond motifs is 2. The lowest BCUT2D eigenvalue weighted by molar-refractivity contribution is 0.0953. The molecule has 0 N–H and O–H groups in total. The largest absolute Gasteiger partial charge is 0.294 e. The quantitative estimate of drug-likeness (QED) is 0.720. The van der Waals surface area contributed by atoms with Crippen LogP contribution in [0, 0.1) is 17.8 Å². The third kappa shape index (κ3) is 1.47. The summed E-state index contributed by atoms with van der Waals surface area (Å²) >= 11 is 5.23. The van der Waals surface area contributed by atoms with Gasteiger partial charge in [-0.2, -0.15) is 0 Å². The molecule has 2 aliphatic carbocycles. The Hall–Kier alpha value is -0.670. The van der Waals surface area contributed by atoms with E-state index in [4.69, 9.17) is 0 Å². The van der Waals surface area contributed by atoms with Crippen LogP contribution in [0.15, 0.2) is 28.1 Å². The minimum atomic E-state index is 0.343. The first-order valence-corrected chi connectivity index (χ1v) is 8.14. The number of hydrogen-bond acceptors (Lipinski definition) is 2. The van der Waals surface area contributed by atoms with Crippen LogP contribution in [0.3, 0.4) is 0 Å². The molecule has 0 aliphatic heterocycles. The molecule has 0 saturated heterocycles. The average Bonchev–Trinajstić information content (AvgIpc) is 2.79. The van der Waals surface area contributed by atoms with Crippen molar-refractivity contribution in [2.75, 3.05) is 0 Å². The summed E-state index contributed by atoms with van der Waals surface area (Å²) < 4.78 is 2.30. The summed E-state index contributed by atoms with van der Waals surface area (Å²) in [6.07, 6.45) is 3.87. The molecule has 0 amide bonds. The number of halogens is 1. The van der Waals surface area contributed by atoms with Crippen molar-refractivity contribution >= 4 is 43.1 Å². The molecule has 2 fully saturated rings. The van der Waals surface area contributed by atoms with Gasteiger partial charge in [-0.15, -0.1) is 11.3 Å². The molecule has 4 rings (SSSR count). The van der Waals surface area contributed by atoms with Crippen molar-refractivity contribution < 1.29 is 4.79 Å². The molecule has 2 unspecified atom stereocenters. The van der Waals surface area contributed by atoms with Gasteiger partial charge in [0.1, 0.15) is 0 Å². The second-order valence-corrected chi connectivity index (χ2v) is 7.15. The molecular formula is C15H13BrOS. The highest BCUT2D eigenvalue weighted by molar-refractivity contribution is 9.10. The number of carbonyl (C=O) groups excluding carboxylic acids is 1. The summed E-state index contributed by atoms with van der Waals surface area (Å²) in [7, 11) is 0. The molecule has 1 aromatic carbocycles. The van der Waals surface area contributed by atoms with E-state index in [1.54, 1.807) is 11.3 Å². The number of carbonyl (C=O) groups is 1. The van der Waals surface area contributed by atoms with E-state index in [9.17, 15) is 4.79 Å². The third-order valence-electron chi connectivity index (χ3n) is 4.53. The molecule has 3 heteroatoms. The van der Waals surface area contributed by atoms with Crippen LogP contribution in [0.2, 0.25) is 0 Å². The fraction of sp³-hybridized carbons (Fsp3) is 0.400. The van der Waals surface area contributed by atoms with Gasteiger partial charge in [0.25, 0.3) is 0 Å². The Morgan fingerprint density at radius 1 is 1.28 bits per heavy atom. The van der Waals surface area contributed by atoms with E-state index in [2.05, 4.69) is 22.0 Å². The Bertz CT molecular complexity index is 635. The van der Waals surface area contributed by atoms with Crippen molar-refractivity contribution in [2.24, 2.45) is 17.8 Å². The third-order valence-corrected chi connectivity index (χ3v) is 6.48. The molecule has 1 aromatic heterocycles. The van der Waals surface area contributed by atoms with E-state index in [0.717, 1.165) is 15.4 Å². The first-order valence-electron chi connectivity index (χ1n) is 6.47. The van der Waals surface area contributed by atoms with E-state index in [1.165, 1.54) is 24.0 Å². The summed E-state index contributed by atoms with van der Waals surface area (Å²) in [6, 6.07) is 6.13. The Morgan fingerprint density at radius 2 is 2.06 bits per heavy atom. The summed E-state index contributed by atoms with van der Waals surface area (Å²) in [5, 5.41) is 3.18. The van der Waals surface area contributed by atoms with Gasteiger partial charge >= 0.3 is 0 Å². The molecule has 0 radical (unpaired) electrons. The van der Waals surface area contributed by atoms with E-state index in [-0.39, 0.29) is 0 Å². The van der Waals surface area contributed by atoms with Gasteiger partial charge < -0.3 is 0 Å². The van der Waals surface area contributed by atoms with Gasteiger partial charge in [-0.25, -0.2) is 0 Å². The fourth-order valence-corrected chi connectivity index (χ4v) is 5.21. The molecule has 2 aliphatic rings. The molecule has 92 valence electrons. The summed E-state index contributed by atoms with van der Waals surface area (Å²) in [5.41, 5.74) is 0.954. The molecular weight excluding hydrogens is 308 g/mol. The number of thiophene rings is 1. The zero-order chi connectivity index (χ0) is 12.3. The highest BCUT2D eigenvalue weighted by Gasteiger charge is 2.56. The van der Waals surface area contributed by atoms with Crippen molar-refractivity contribution in [1.82, 2.24) is 0 Å². The maximum absolute atomic E-state index is 12.6. The lowest BCUT2D eigenvalue weighted by Crippen LogP contribution is -2.05. The highest BCUT2D eigenvalue weighted by Crippen LogP contribution is 2.59. The maximum atomic E-state index is 12.6. The summed E-state index contributed by atoms with van der Waals surface area (Å²) in [4.78, 5) is 12.6. The Balaban J connectivity index is 1.75. The van der Waals surface area contributed by atoms with Gasteiger partial charge in [-0.1, -0.05) is 18.6 Å². The molecule has 1 nitrogen and oxygen atoms in total. The minimum Gasteiger partial charge on any atom is -0.294 e. The Morgan fingerprint density at radius 3 is 2.83 bits per heavy atom. The molecule has 1 heterocycles. The van der Waals surface area contributed by atoms with Gasteiger partial charge in [0.15, 0.2) is 5.78 Å². The first kappa shape index (κ1) is 11.2. The molecule has 0 bridgehead atoms. The minimum absolute atomic E-state index is 0.343. The monoisotopic (exact) mass is 320 g/mol. The number of Topliss-reactive ketones (excluding diaryl/α,β-unsaturated/α-hetero) is 1. The predicted molar refractivity (Wildman–Crippen MR) is 78.2 cm³/mol. The average molecular weight is 321 g/mol. The van der Waals surface area contributed by atoms with E-state index >= 15 is 0 Å². The lowest BCUT2D eigenvalue weighted by atomic mass is 10.0. The van der Waals surface area contributed by atoms with Gasteiger partial charge in [0.05, 0.1) is 0 Å². The first-order chi connectivity index (χ1) is 8.77. The van der Waals surface area contributed by atoms with Gasteiger partial charge in [-0.05, 0) is 46.7 Å². The summed E-state index contributed by atoms with van der Waals surface area (Å²) in [6.45, 7) is 0. The normalized spacial score (nSPS) is 29.5. The predicted octanol–water partition coefficient (Wildman–Crippen LogP) is 4.89. The fourth-order valence-electron chi connectivity index (χ4n) is 3.60. The van der Waals surface area contributed by atoms with Crippen LogP contribution < -0.4 is 0 Å². The standard InChI is InChI=1S/C15H13BrOS/c16-12-6-2-5-10-11(7-18-15(10)12)14(17)13-8-3-1-4-9(8)13/h2,5-9,13H,1,3-4H2. The van der Waals surface area contributed by atoms with Crippen molar-refractivity contribution in [3.8, 4) is 0 Å². The second kappa shape index (κ2) is 3.91. The summed E-state index contributed by atoms with van der Waals surface area (Å²) in [5.74, 6) is 2.16. The van der Waals surface area contributed by atoms with Gasteiger partial charge in [-0.3, -0.25) is 4.79 Å². The topological polar surface area (TPSA) is 17.1 Å². The number of benzene rings is 1. The molecule has 0 spiro atoms. The van der Waals surface area contributed by atoms with Crippen molar-refractivity contribution in [2.45, 2.75) is 19.3 Å². The van der Waals surface area contributed by atoms with Gasteiger partial charge in [0, 0.05) is 31.4 Å². The van der Waals surface area contributed by atoms with Crippen molar-refractivity contribution in [3.63, 3.8) is 0 Å². The van der Waals surface area contributed by atoms with E-state index in [1.807, 2.05) is 17.5 Å². The van der Waals surface area contributed by atoms with Crippen LogP contribution >= 0.6 is 27.3 Å². The number of rotatable bonds is 2. The smallest absolute Gasteiger partial charge is 0.167 e. The lowest BCUT2D eigenvalue weighted by Gasteiger charge is -2.02. The van der Waals surface area contributed by atoms with E-state index < -0.39 is 0 Å². The Kier molecular flexibility index (Phi) is 2.43. The SMILES string of the molecule is O=C(c1csc2c(Br)cccc12)C1C2CCCC21. The molecule has 2 atom stereocenters. The van der Waals surface area contributed by atoms with Gasteiger partial charge in [0.2, 0.25) is 0 Å². The van der Waals surface area contributed by atoms with Crippen LogP contribution in [-0.4, -0.2) is 5.78 Å². The maximum Gasteiger partial charge on any atom is 0.167 e. The zero-order valence-electron chi connectivity index (χ0n) is 9.86. The molecule has 18 heavy (non-hydrogen) atoms. The number of hydrogen-bond donors (Lipinski definition) is 0. The zero-order valence-corrected chi connectivity index (χ0v) is 12.3. The van der Waals surface area contributed by atoms with Crippen molar-refractivity contribution in [1.29, 1.82) is 0 Å². The Labute approximate surface area is 118 Å². The van der Waals surface area contributed by atoms with Crippen LogP contribution in [-0.2, 0) is 0 Å². The second-order valence-electron chi connectivity index (χ2n) is 5.41. The van der Waals surface area contributed by atoms with Crippen LogP contribution in [0.4, 0.5) is 0 Å².